The first-order chi connectivity index (χ1) is 14.9. The van der Waals surface area contributed by atoms with Crippen molar-refractivity contribution in [3.8, 4) is 28.7 Å². The van der Waals surface area contributed by atoms with Gasteiger partial charge in [-0.15, -0.1) is 11.3 Å². The van der Waals surface area contributed by atoms with Gasteiger partial charge in [-0.05, 0) is 36.6 Å². The third-order valence-electron chi connectivity index (χ3n) is 4.38. The molecule has 0 amide bonds. The zero-order valence-corrected chi connectivity index (χ0v) is 18.7. The fraction of sp³-hybridized carbons (Fsp3) is 0.300. The lowest BCUT2D eigenvalue weighted by Gasteiger charge is -2.17. The topological polar surface area (TPSA) is 126 Å². The number of nitrogens with one attached hydrogen (secondary N) is 1. The number of nitrogen functional groups attached to an aromatic ring is 1. The minimum absolute atomic E-state index is 0.0593. The van der Waals surface area contributed by atoms with E-state index in [2.05, 4.69) is 23.9 Å². The summed E-state index contributed by atoms with van der Waals surface area (Å²) >= 11 is 1.40. The molecule has 1 aromatic carbocycles. The quantitative estimate of drug-likeness (QED) is 0.361. The van der Waals surface area contributed by atoms with Crippen LogP contribution in [-0.2, 0) is 15.8 Å². The highest BCUT2D eigenvalue weighted by Gasteiger charge is 2.33. The molecule has 0 bridgehead atoms. The molecule has 0 radical (unpaired) electrons. The molecule has 0 fully saturated rings. The summed E-state index contributed by atoms with van der Waals surface area (Å²) in [5.41, 5.74) is 6.59. The van der Waals surface area contributed by atoms with Gasteiger partial charge in [-0.3, -0.25) is 4.57 Å². The standard InChI is InChI=1S/C20H22N3O6PS/c1-12(2)9-17-19(23-20(21)31-17)15-5-6-18(28-15)30(25,22-7-8-24)29-13-3-4-14-16(10-13)27-11-26-14/h3-6,8,10,12H,7,9,11H2,1-2H3,(H2,21,23)(H,22,25). The maximum atomic E-state index is 13.7. The van der Waals surface area contributed by atoms with Crippen LogP contribution < -0.4 is 30.3 Å². The van der Waals surface area contributed by atoms with Crippen LogP contribution in [0.25, 0.3) is 11.5 Å². The van der Waals surface area contributed by atoms with Crippen LogP contribution in [0.2, 0.25) is 0 Å². The number of carbonyl (C=O) groups is 1. The van der Waals surface area contributed by atoms with Crippen LogP contribution in [0.3, 0.4) is 0 Å². The molecule has 0 saturated heterocycles. The number of nitrogens with two attached hydrogens (primary N) is 1. The second-order valence-electron chi connectivity index (χ2n) is 7.25. The number of rotatable bonds is 9. The van der Waals surface area contributed by atoms with Gasteiger partial charge in [-0.2, -0.15) is 0 Å². The lowest BCUT2D eigenvalue weighted by atomic mass is 10.1. The fourth-order valence-electron chi connectivity index (χ4n) is 3.08. The number of thiazole rings is 1. The van der Waals surface area contributed by atoms with Crippen molar-refractivity contribution in [1.29, 1.82) is 0 Å². The molecule has 1 aliphatic rings. The van der Waals surface area contributed by atoms with E-state index >= 15 is 0 Å². The minimum Gasteiger partial charge on any atom is -0.454 e. The molecular formula is C20H22N3O6PS. The Kier molecular flexibility index (Phi) is 6.04. The Hall–Kier alpha value is -2.81. The van der Waals surface area contributed by atoms with Crippen molar-refractivity contribution >= 4 is 35.8 Å². The molecule has 1 unspecified atom stereocenters. The first-order valence-corrected chi connectivity index (χ1v) is 12.1. The molecular weight excluding hydrogens is 441 g/mol. The van der Waals surface area contributed by atoms with Gasteiger partial charge in [-0.25, -0.2) is 10.1 Å². The van der Waals surface area contributed by atoms with Gasteiger partial charge < -0.3 is 28.9 Å². The maximum absolute atomic E-state index is 13.7. The number of anilines is 1. The molecule has 4 rings (SSSR count). The van der Waals surface area contributed by atoms with E-state index in [-0.39, 0.29) is 24.6 Å². The van der Waals surface area contributed by atoms with Crippen molar-refractivity contribution in [2.45, 2.75) is 20.3 Å². The van der Waals surface area contributed by atoms with Crippen molar-refractivity contribution in [1.82, 2.24) is 10.1 Å². The summed E-state index contributed by atoms with van der Waals surface area (Å²) in [6.07, 6.45) is 1.39. The molecule has 0 aliphatic carbocycles. The van der Waals surface area contributed by atoms with Crippen LogP contribution >= 0.6 is 18.9 Å². The average Bonchev–Trinajstić information content (AvgIpc) is 3.45. The Labute approximate surface area is 183 Å². The maximum Gasteiger partial charge on any atom is 0.382 e. The van der Waals surface area contributed by atoms with Gasteiger partial charge in [0, 0.05) is 10.9 Å². The van der Waals surface area contributed by atoms with Gasteiger partial charge in [0.25, 0.3) is 0 Å². The number of carbonyl (C=O) groups excluding carboxylic acids is 1. The SMILES string of the molecule is CC(C)Cc1sc(N)nc1-c1ccc(P(=O)(NCC=O)Oc2ccc3c(c2)OCO3)o1. The van der Waals surface area contributed by atoms with Crippen LogP contribution in [0, 0.1) is 5.92 Å². The first-order valence-electron chi connectivity index (χ1n) is 9.62. The predicted octanol–water partition coefficient (Wildman–Crippen LogP) is 3.60. The number of aromatic nitrogens is 1. The summed E-state index contributed by atoms with van der Waals surface area (Å²) in [4.78, 5) is 16.3. The average molecular weight is 463 g/mol. The van der Waals surface area contributed by atoms with Gasteiger partial charge >= 0.3 is 7.52 Å². The summed E-state index contributed by atoms with van der Waals surface area (Å²) in [6.45, 7) is 4.13. The normalized spacial score (nSPS) is 14.5. The molecule has 2 aromatic heterocycles. The van der Waals surface area contributed by atoms with Crippen molar-refractivity contribution < 1.29 is 27.8 Å². The van der Waals surface area contributed by atoms with E-state index in [0.717, 1.165) is 11.3 Å². The van der Waals surface area contributed by atoms with E-state index in [0.29, 0.717) is 40.3 Å². The molecule has 1 atom stereocenters. The van der Waals surface area contributed by atoms with Crippen molar-refractivity contribution in [2.75, 3.05) is 19.1 Å². The summed E-state index contributed by atoms with van der Waals surface area (Å²) < 4.78 is 36.0. The highest BCUT2D eigenvalue weighted by molar-refractivity contribution is 7.65. The lowest BCUT2D eigenvalue weighted by molar-refractivity contribution is -0.106. The monoisotopic (exact) mass is 463 g/mol. The molecule has 9 nitrogen and oxygen atoms in total. The number of aldehydes is 1. The zero-order valence-electron chi connectivity index (χ0n) is 17.0. The fourth-order valence-corrected chi connectivity index (χ4v) is 5.65. The van der Waals surface area contributed by atoms with Gasteiger partial charge in [0.1, 0.15) is 17.7 Å². The van der Waals surface area contributed by atoms with Gasteiger partial charge in [0.2, 0.25) is 12.3 Å². The smallest absolute Gasteiger partial charge is 0.382 e. The number of nitrogens with zero attached hydrogens (tertiary/aromatic N) is 1. The first kappa shape index (κ1) is 21.4. The Morgan fingerprint density at radius 2 is 2.10 bits per heavy atom. The zero-order chi connectivity index (χ0) is 22.0. The van der Waals surface area contributed by atoms with E-state index in [1.807, 2.05) is 0 Å². The van der Waals surface area contributed by atoms with Gasteiger partial charge in [0.05, 0.1) is 6.54 Å². The Bertz CT molecular complexity index is 1140. The van der Waals surface area contributed by atoms with E-state index < -0.39 is 7.52 Å². The number of furan rings is 1. The molecule has 3 aromatic rings. The molecule has 1 aliphatic heterocycles. The van der Waals surface area contributed by atoms with Gasteiger partial charge in [0.15, 0.2) is 22.4 Å². The van der Waals surface area contributed by atoms with Gasteiger partial charge in [-0.1, -0.05) is 13.8 Å². The van der Waals surface area contributed by atoms with E-state index in [1.165, 1.54) is 11.3 Å². The lowest BCUT2D eigenvalue weighted by Crippen LogP contribution is -2.24. The summed E-state index contributed by atoms with van der Waals surface area (Å²) in [7, 11) is -3.77. The Balaban J connectivity index is 1.65. The molecule has 11 heteroatoms. The molecule has 0 saturated carbocycles. The predicted molar refractivity (Wildman–Crippen MR) is 117 cm³/mol. The highest BCUT2D eigenvalue weighted by Crippen LogP contribution is 2.46. The van der Waals surface area contributed by atoms with E-state index in [1.54, 1.807) is 30.3 Å². The van der Waals surface area contributed by atoms with Crippen LogP contribution in [0.1, 0.15) is 18.7 Å². The van der Waals surface area contributed by atoms with Crippen LogP contribution in [0.5, 0.6) is 17.2 Å². The van der Waals surface area contributed by atoms with E-state index in [9.17, 15) is 9.36 Å². The van der Waals surface area contributed by atoms with Crippen LogP contribution in [0.4, 0.5) is 5.13 Å². The summed E-state index contributed by atoms with van der Waals surface area (Å²) in [5.74, 6) is 2.17. The second-order valence-corrected chi connectivity index (χ2v) is 10.4. The van der Waals surface area contributed by atoms with Crippen molar-refractivity contribution in [3.05, 3.63) is 35.2 Å². The highest BCUT2D eigenvalue weighted by atomic mass is 32.1. The minimum atomic E-state index is -3.77. The van der Waals surface area contributed by atoms with Crippen molar-refractivity contribution in [3.63, 3.8) is 0 Å². The summed E-state index contributed by atoms with van der Waals surface area (Å²) in [6, 6.07) is 8.06. The number of ether oxygens (including phenoxy) is 2. The molecule has 164 valence electrons. The number of fused-ring (bicyclic) bond motifs is 1. The van der Waals surface area contributed by atoms with E-state index in [4.69, 9.17) is 24.1 Å². The van der Waals surface area contributed by atoms with Crippen LogP contribution in [-0.4, -0.2) is 24.6 Å². The van der Waals surface area contributed by atoms with Crippen molar-refractivity contribution in [2.24, 2.45) is 5.92 Å². The number of hydrogen-bond acceptors (Lipinski definition) is 9. The third kappa shape index (κ3) is 4.61. The molecule has 31 heavy (non-hydrogen) atoms. The van der Waals surface area contributed by atoms with Crippen LogP contribution in [0.15, 0.2) is 34.7 Å². The molecule has 0 spiro atoms. The Morgan fingerprint density at radius 3 is 2.87 bits per heavy atom. The number of benzene rings is 1. The Morgan fingerprint density at radius 1 is 1.29 bits per heavy atom. The molecule has 3 heterocycles. The second kappa shape index (κ2) is 8.74. The number of hydrogen-bond donors (Lipinski definition) is 2. The summed E-state index contributed by atoms with van der Waals surface area (Å²) in [5, 5.41) is 3.08. The largest absolute Gasteiger partial charge is 0.454 e. The third-order valence-corrected chi connectivity index (χ3v) is 7.18. The molecule has 3 N–H and O–H groups in total.